The summed E-state index contributed by atoms with van der Waals surface area (Å²) in [4.78, 5) is 19.1. The second-order valence-electron chi connectivity index (χ2n) is 6.78. The monoisotopic (exact) mass is 373 g/mol. The zero-order valence-electron chi connectivity index (χ0n) is 16.4. The standard InChI is InChI=1S/C20H27N3O4/c1-14-21-7-10-23(14)13-15-5-8-22(9-6-15)20(24)16-11-17(25-2)19(27-4)18(12-16)26-3/h7,10-12,15H,5-6,8-9,13H2,1-4H3. The van der Waals surface area contributed by atoms with Crippen LogP contribution in [0.15, 0.2) is 24.5 Å². The number of hydrogen-bond acceptors (Lipinski definition) is 5. The van der Waals surface area contributed by atoms with Crippen LogP contribution in [0.1, 0.15) is 29.0 Å². The number of aromatic nitrogens is 2. The van der Waals surface area contributed by atoms with Gasteiger partial charge in [-0.05, 0) is 37.8 Å². The first-order chi connectivity index (χ1) is 13.1. The predicted octanol–water partition coefficient (Wildman–Crippen LogP) is 2.77. The first-order valence-electron chi connectivity index (χ1n) is 9.14. The van der Waals surface area contributed by atoms with Gasteiger partial charge in [-0.15, -0.1) is 0 Å². The molecule has 27 heavy (non-hydrogen) atoms. The van der Waals surface area contributed by atoms with E-state index in [-0.39, 0.29) is 5.91 Å². The van der Waals surface area contributed by atoms with Crippen molar-refractivity contribution in [3.63, 3.8) is 0 Å². The highest BCUT2D eigenvalue weighted by Crippen LogP contribution is 2.38. The Bertz CT molecular complexity index is 769. The lowest BCUT2D eigenvalue weighted by molar-refractivity contribution is 0.0681. The van der Waals surface area contributed by atoms with Crippen LogP contribution in [-0.2, 0) is 6.54 Å². The minimum Gasteiger partial charge on any atom is -0.493 e. The maximum atomic E-state index is 13.0. The molecule has 1 aliphatic rings. The van der Waals surface area contributed by atoms with Gasteiger partial charge in [-0.3, -0.25) is 4.79 Å². The van der Waals surface area contributed by atoms with E-state index in [1.165, 1.54) is 0 Å². The fraction of sp³-hybridized carbons (Fsp3) is 0.500. The lowest BCUT2D eigenvalue weighted by Crippen LogP contribution is -2.39. The Labute approximate surface area is 159 Å². The van der Waals surface area contributed by atoms with Gasteiger partial charge < -0.3 is 23.7 Å². The number of nitrogens with zero attached hydrogens (tertiary/aromatic N) is 3. The summed E-state index contributed by atoms with van der Waals surface area (Å²) in [6.45, 7) is 4.46. The largest absolute Gasteiger partial charge is 0.493 e. The van der Waals surface area contributed by atoms with Crippen molar-refractivity contribution in [2.24, 2.45) is 5.92 Å². The van der Waals surface area contributed by atoms with Crippen LogP contribution in [0.2, 0.25) is 0 Å². The molecule has 7 heteroatoms. The topological polar surface area (TPSA) is 65.8 Å². The van der Waals surface area contributed by atoms with Crippen LogP contribution in [0.4, 0.5) is 0 Å². The number of benzene rings is 1. The number of carbonyl (C=O) groups is 1. The Kier molecular flexibility index (Phi) is 5.88. The molecule has 0 atom stereocenters. The van der Waals surface area contributed by atoms with Gasteiger partial charge in [-0.25, -0.2) is 4.98 Å². The molecule has 1 aromatic heterocycles. The highest BCUT2D eigenvalue weighted by Gasteiger charge is 2.26. The van der Waals surface area contributed by atoms with E-state index in [0.29, 0.717) is 28.7 Å². The minimum atomic E-state index is -0.00786. The zero-order valence-corrected chi connectivity index (χ0v) is 16.4. The quantitative estimate of drug-likeness (QED) is 0.779. The van der Waals surface area contributed by atoms with Crippen molar-refractivity contribution in [3.05, 3.63) is 35.9 Å². The molecular weight excluding hydrogens is 346 g/mol. The number of rotatable bonds is 6. The molecule has 1 aliphatic heterocycles. The summed E-state index contributed by atoms with van der Waals surface area (Å²) in [6, 6.07) is 3.43. The van der Waals surface area contributed by atoms with Crippen molar-refractivity contribution in [2.45, 2.75) is 26.3 Å². The first kappa shape index (κ1) is 19.1. The number of likely N-dealkylation sites (tertiary alicyclic amines) is 1. The van der Waals surface area contributed by atoms with Crippen molar-refractivity contribution in [1.29, 1.82) is 0 Å². The molecule has 0 aliphatic carbocycles. The molecule has 7 nitrogen and oxygen atoms in total. The molecule has 1 fully saturated rings. The summed E-state index contributed by atoms with van der Waals surface area (Å²) in [5, 5.41) is 0. The maximum Gasteiger partial charge on any atom is 0.254 e. The van der Waals surface area contributed by atoms with E-state index >= 15 is 0 Å². The van der Waals surface area contributed by atoms with Crippen LogP contribution in [0.3, 0.4) is 0 Å². The van der Waals surface area contributed by atoms with Gasteiger partial charge in [-0.1, -0.05) is 0 Å². The average molecular weight is 373 g/mol. The highest BCUT2D eigenvalue weighted by atomic mass is 16.5. The van der Waals surface area contributed by atoms with Gasteiger partial charge in [0, 0.05) is 37.6 Å². The Morgan fingerprint density at radius 3 is 2.22 bits per heavy atom. The summed E-state index contributed by atoms with van der Waals surface area (Å²) in [6.07, 6.45) is 5.81. The van der Waals surface area contributed by atoms with Gasteiger partial charge in [0.15, 0.2) is 11.5 Å². The third kappa shape index (κ3) is 4.02. The van der Waals surface area contributed by atoms with Gasteiger partial charge in [0.25, 0.3) is 5.91 Å². The van der Waals surface area contributed by atoms with E-state index in [0.717, 1.165) is 38.3 Å². The SMILES string of the molecule is COc1cc(C(=O)N2CCC(Cn3ccnc3C)CC2)cc(OC)c1OC. The molecule has 1 saturated heterocycles. The van der Waals surface area contributed by atoms with Crippen molar-refractivity contribution >= 4 is 5.91 Å². The molecule has 1 aromatic carbocycles. The number of ether oxygens (including phenoxy) is 3. The van der Waals surface area contributed by atoms with Crippen molar-refractivity contribution in [3.8, 4) is 17.2 Å². The summed E-state index contributed by atoms with van der Waals surface area (Å²) in [7, 11) is 4.65. The normalized spacial score (nSPS) is 14.9. The average Bonchev–Trinajstić information content (AvgIpc) is 3.11. The number of aryl methyl sites for hydroxylation is 1. The van der Waals surface area contributed by atoms with Gasteiger partial charge in [-0.2, -0.15) is 0 Å². The number of piperidine rings is 1. The molecule has 1 amide bonds. The molecule has 0 unspecified atom stereocenters. The molecular formula is C20H27N3O4. The van der Waals surface area contributed by atoms with Crippen molar-refractivity contribution in [2.75, 3.05) is 34.4 Å². The molecule has 0 bridgehead atoms. The molecule has 0 N–H and O–H groups in total. The lowest BCUT2D eigenvalue weighted by Gasteiger charge is -2.32. The molecule has 146 valence electrons. The second kappa shape index (κ2) is 8.33. The predicted molar refractivity (Wildman–Crippen MR) is 102 cm³/mol. The van der Waals surface area contributed by atoms with E-state index in [4.69, 9.17) is 14.2 Å². The van der Waals surface area contributed by atoms with E-state index in [1.807, 2.05) is 24.2 Å². The third-order valence-corrected chi connectivity index (χ3v) is 5.19. The van der Waals surface area contributed by atoms with Crippen molar-refractivity contribution < 1.29 is 19.0 Å². The molecule has 0 radical (unpaired) electrons. The molecule has 0 spiro atoms. The minimum absolute atomic E-state index is 0.00786. The summed E-state index contributed by atoms with van der Waals surface area (Å²) >= 11 is 0. The van der Waals surface area contributed by atoms with Crippen LogP contribution in [0.25, 0.3) is 0 Å². The van der Waals surface area contributed by atoms with Crippen LogP contribution in [-0.4, -0.2) is 54.8 Å². The smallest absolute Gasteiger partial charge is 0.254 e. The number of amides is 1. The van der Waals surface area contributed by atoms with Crippen LogP contribution in [0, 0.1) is 12.8 Å². The highest BCUT2D eigenvalue weighted by molar-refractivity contribution is 5.95. The summed E-state index contributed by atoms with van der Waals surface area (Å²) < 4.78 is 18.2. The molecule has 0 saturated carbocycles. The van der Waals surface area contributed by atoms with Crippen LogP contribution < -0.4 is 14.2 Å². The fourth-order valence-electron chi connectivity index (χ4n) is 3.58. The Morgan fingerprint density at radius 2 is 1.74 bits per heavy atom. The number of imidazole rings is 1. The van der Waals surface area contributed by atoms with Crippen LogP contribution in [0.5, 0.6) is 17.2 Å². The van der Waals surface area contributed by atoms with Gasteiger partial charge >= 0.3 is 0 Å². The van der Waals surface area contributed by atoms with Crippen LogP contribution >= 0.6 is 0 Å². The third-order valence-electron chi connectivity index (χ3n) is 5.19. The molecule has 2 heterocycles. The Morgan fingerprint density at radius 1 is 1.11 bits per heavy atom. The zero-order chi connectivity index (χ0) is 19.4. The molecule has 2 aromatic rings. The van der Waals surface area contributed by atoms with Crippen molar-refractivity contribution in [1.82, 2.24) is 14.5 Å². The van der Waals surface area contributed by atoms with E-state index in [9.17, 15) is 4.79 Å². The lowest BCUT2D eigenvalue weighted by atomic mass is 9.96. The number of hydrogen-bond donors (Lipinski definition) is 0. The Balaban J connectivity index is 1.68. The second-order valence-corrected chi connectivity index (χ2v) is 6.78. The van der Waals surface area contributed by atoms with E-state index < -0.39 is 0 Å². The van der Waals surface area contributed by atoms with Gasteiger partial charge in [0.05, 0.1) is 21.3 Å². The summed E-state index contributed by atoms with van der Waals surface area (Å²) in [5.41, 5.74) is 0.549. The molecule has 3 rings (SSSR count). The maximum absolute atomic E-state index is 13.0. The fourth-order valence-corrected chi connectivity index (χ4v) is 3.58. The summed E-state index contributed by atoms with van der Waals surface area (Å²) in [5.74, 6) is 3.06. The van der Waals surface area contributed by atoms with Gasteiger partial charge in [0.1, 0.15) is 5.82 Å². The van der Waals surface area contributed by atoms with E-state index in [2.05, 4.69) is 9.55 Å². The van der Waals surface area contributed by atoms with Gasteiger partial charge in [0.2, 0.25) is 5.75 Å². The Hall–Kier alpha value is -2.70. The number of carbonyl (C=O) groups excluding carboxylic acids is 1. The number of methoxy groups -OCH3 is 3. The first-order valence-corrected chi connectivity index (χ1v) is 9.14. The van der Waals surface area contributed by atoms with E-state index in [1.54, 1.807) is 33.5 Å².